The standard InChI is InChI=1S/C42H63O6P/c1-37(2,3)43-28-24-31(45-39(7,8)9)35(32(25-28)46-40(10,11)12)49(30-22-20-19-21-23-30)36-33(47-41(13,14)15)26-29(44-38(4,5)6)27-34(36)48-42(16,17)18/h19-27H,1-18H3. The van der Waals surface area contributed by atoms with Crippen molar-refractivity contribution in [1.82, 2.24) is 0 Å². The topological polar surface area (TPSA) is 55.4 Å². The lowest BCUT2D eigenvalue weighted by atomic mass is 10.1. The molecule has 7 heteroatoms. The average molecular weight is 695 g/mol. The van der Waals surface area contributed by atoms with Gasteiger partial charge in [0.1, 0.15) is 68.1 Å². The van der Waals surface area contributed by atoms with E-state index in [1.54, 1.807) is 0 Å². The third kappa shape index (κ3) is 13.3. The Labute approximate surface area is 298 Å². The molecule has 0 aliphatic carbocycles. The van der Waals surface area contributed by atoms with Gasteiger partial charge in [0.15, 0.2) is 0 Å². The van der Waals surface area contributed by atoms with Gasteiger partial charge in [0.25, 0.3) is 0 Å². The van der Waals surface area contributed by atoms with Crippen LogP contribution in [0.1, 0.15) is 125 Å². The van der Waals surface area contributed by atoms with Crippen molar-refractivity contribution >= 4 is 23.8 Å². The Morgan fingerprint density at radius 3 is 0.816 bits per heavy atom. The van der Waals surface area contributed by atoms with Crippen LogP contribution in [-0.2, 0) is 0 Å². The SMILES string of the molecule is CC(C)(C)Oc1cc(OC(C)(C)C)c(P(c2ccccc2)c2c(OC(C)(C)C)cc(OC(C)(C)C)cc2OC(C)(C)C)c(OC(C)(C)C)c1. The molecule has 0 amide bonds. The normalized spacial score (nSPS) is 13.3. The molecule has 0 bridgehead atoms. The number of hydrogen-bond donors (Lipinski definition) is 0. The van der Waals surface area contributed by atoms with E-state index in [1.165, 1.54) is 0 Å². The average Bonchev–Trinajstić information content (AvgIpc) is 2.81. The third-order valence-corrected chi connectivity index (χ3v) is 8.59. The van der Waals surface area contributed by atoms with Gasteiger partial charge in [0.2, 0.25) is 0 Å². The second kappa shape index (κ2) is 14.3. The molecule has 0 spiro atoms. The molecule has 0 heterocycles. The minimum absolute atomic E-state index is 0.436. The maximum atomic E-state index is 6.89. The molecular formula is C42H63O6P. The largest absolute Gasteiger partial charge is 0.488 e. The molecule has 0 unspecified atom stereocenters. The fourth-order valence-electron chi connectivity index (χ4n) is 4.96. The van der Waals surface area contributed by atoms with E-state index in [9.17, 15) is 0 Å². The molecule has 3 rings (SSSR count). The van der Waals surface area contributed by atoms with Crippen molar-refractivity contribution in [2.75, 3.05) is 0 Å². The molecule has 6 nitrogen and oxygen atoms in total. The van der Waals surface area contributed by atoms with Crippen molar-refractivity contribution in [3.05, 3.63) is 54.6 Å². The summed E-state index contributed by atoms with van der Waals surface area (Å²) in [5, 5.41) is 2.91. The molecule has 272 valence electrons. The minimum Gasteiger partial charge on any atom is -0.488 e. The molecule has 0 saturated heterocycles. The molecule has 0 aliphatic rings. The van der Waals surface area contributed by atoms with Gasteiger partial charge in [0, 0.05) is 32.2 Å². The minimum atomic E-state index is -1.44. The summed E-state index contributed by atoms with van der Waals surface area (Å²) < 4.78 is 40.5. The maximum absolute atomic E-state index is 6.89. The Kier molecular flexibility index (Phi) is 11.7. The van der Waals surface area contributed by atoms with E-state index in [0.29, 0.717) is 34.5 Å². The van der Waals surface area contributed by atoms with Gasteiger partial charge in [-0.25, -0.2) is 0 Å². The highest BCUT2D eigenvalue weighted by Crippen LogP contribution is 2.50. The van der Waals surface area contributed by atoms with Crippen LogP contribution in [0.2, 0.25) is 0 Å². The number of hydrogen-bond acceptors (Lipinski definition) is 6. The second-order valence-corrected chi connectivity index (χ2v) is 20.6. The van der Waals surface area contributed by atoms with Crippen molar-refractivity contribution < 1.29 is 28.4 Å². The summed E-state index contributed by atoms with van der Waals surface area (Å²) in [6.45, 7) is 37.0. The summed E-state index contributed by atoms with van der Waals surface area (Å²) in [4.78, 5) is 0. The quantitative estimate of drug-likeness (QED) is 0.208. The second-order valence-electron chi connectivity index (χ2n) is 18.5. The predicted molar refractivity (Wildman–Crippen MR) is 207 cm³/mol. The van der Waals surface area contributed by atoms with E-state index in [2.05, 4.69) is 107 Å². The number of ether oxygens (including phenoxy) is 6. The van der Waals surface area contributed by atoms with Gasteiger partial charge in [0.05, 0.1) is 10.6 Å². The van der Waals surface area contributed by atoms with Crippen LogP contribution in [-0.4, -0.2) is 33.6 Å². The van der Waals surface area contributed by atoms with E-state index in [0.717, 1.165) is 15.9 Å². The van der Waals surface area contributed by atoms with Crippen LogP contribution < -0.4 is 44.3 Å². The number of rotatable bonds is 9. The zero-order valence-corrected chi connectivity index (χ0v) is 34.5. The van der Waals surface area contributed by atoms with Crippen LogP contribution in [0.15, 0.2) is 54.6 Å². The van der Waals surface area contributed by atoms with Crippen molar-refractivity contribution in [3.63, 3.8) is 0 Å². The van der Waals surface area contributed by atoms with Crippen LogP contribution >= 0.6 is 7.92 Å². The summed E-state index contributed by atoms with van der Waals surface area (Å²) in [7, 11) is -1.44. The Bertz CT molecular complexity index is 1380. The fraction of sp³-hybridized carbons (Fsp3) is 0.571. The van der Waals surface area contributed by atoms with Gasteiger partial charge in [-0.15, -0.1) is 0 Å². The van der Waals surface area contributed by atoms with Crippen molar-refractivity contribution in [3.8, 4) is 34.5 Å². The van der Waals surface area contributed by atoms with E-state index in [1.807, 2.05) is 71.9 Å². The molecule has 0 saturated carbocycles. The lowest BCUT2D eigenvalue weighted by Crippen LogP contribution is -2.35. The van der Waals surface area contributed by atoms with E-state index < -0.39 is 41.5 Å². The number of benzene rings is 3. The first-order valence-electron chi connectivity index (χ1n) is 17.3. The molecular weight excluding hydrogens is 631 g/mol. The predicted octanol–water partition coefficient (Wildman–Crippen LogP) is 10.5. The third-order valence-electron chi connectivity index (χ3n) is 6.00. The zero-order valence-electron chi connectivity index (χ0n) is 33.6. The van der Waals surface area contributed by atoms with E-state index in [4.69, 9.17) is 28.4 Å². The van der Waals surface area contributed by atoms with Crippen LogP contribution in [0, 0.1) is 0 Å². The summed E-state index contributed by atoms with van der Waals surface area (Å²) in [5.74, 6) is 4.07. The molecule has 3 aromatic rings. The summed E-state index contributed by atoms with van der Waals surface area (Å²) in [6, 6.07) is 18.5. The van der Waals surface area contributed by atoms with Crippen LogP contribution in [0.5, 0.6) is 34.5 Å². The van der Waals surface area contributed by atoms with Crippen molar-refractivity contribution in [1.29, 1.82) is 0 Å². The van der Waals surface area contributed by atoms with E-state index in [-0.39, 0.29) is 0 Å². The van der Waals surface area contributed by atoms with Gasteiger partial charge in [-0.2, -0.15) is 0 Å². The van der Waals surface area contributed by atoms with Crippen LogP contribution in [0.3, 0.4) is 0 Å². The van der Waals surface area contributed by atoms with Gasteiger partial charge >= 0.3 is 0 Å². The fourth-order valence-corrected chi connectivity index (χ4v) is 7.49. The lowest BCUT2D eigenvalue weighted by molar-refractivity contribution is 0.113. The van der Waals surface area contributed by atoms with Gasteiger partial charge < -0.3 is 28.4 Å². The monoisotopic (exact) mass is 694 g/mol. The summed E-state index contributed by atoms with van der Waals surface area (Å²) in [5.41, 5.74) is -2.96. The van der Waals surface area contributed by atoms with Crippen molar-refractivity contribution in [2.45, 2.75) is 158 Å². The van der Waals surface area contributed by atoms with Crippen LogP contribution in [0.25, 0.3) is 0 Å². The molecule has 0 radical (unpaired) electrons. The highest BCUT2D eigenvalue weighted by Gasteiger charge is 2.36. The highest BCUT2D eigenvalue weighted by molar-refractivity contribution is 7.80. The highest BCUT2D eigenvalue weighted by atomic mass is 31.1. The first kappa shape index (κ1) is 40.3. The molecule has 0 N–H and O–H groups in total. The Hall–Kier alpha value is -3.11. The Morgan fingerprint density at radius 2 is 0.592 bits per heavy atom. The molecule has 0 aliphatic heterocycles. The maximum Gasteiger partial charge on any atom is 0.135 e. The lowest BCUT2D eigenvalue weighted by Gasteiger charge is -2.35. The van der Waals surface area contributed by atoms with Gasteiger partial charge in [-0.1, -0.05) is 30.3 Å². The Morgan fingerprint density at radius 1 is 0.347 bits per heavy atom. The molecule has 0 atom stereocenters. The van der Waals surface area contributed by atoms with E-state index >= 15 is 0 Å². The Balaban J connectivity index is 2.65. The zero-order chi connectivity index (χ0) is 37.4. The first-order chi connectivity index (χ1) is 22.0. The van der Waals surface area contributed by atoms with Crippen LogP contribution in [0.4, 0.5) is 0 Å². The molecule has 0 fully saturated rings. The van der Waals surface area contributed by atoms with Gasteiger partial charge in [-0.05, 0) is 130 Å². The summed E-state index contributed by atoms with van der Waals surface area (Å²) >= 11 is 0. The smallest absolute Gasteiger partial charge is 0.135 e. The molecule has 49 heavy (non-hydrogen) atoms. The first-order valence-corrected chi connectivity index (χ1v) is 18.7. The van der Waals surface area contributed by atoms with Crippen molar-refractivity contribution in [2.24, 2.45) is 0 Å². The molecule has 0 aromatic heterocycles. The molecule has 3 aromatic carbocycles. The summed E-state index contributed by atoms with van der Waals surface area (Å²) in [6.07, 6.45) is 0. The van der Waals surface area contributed by atoms with Gasteiger partial charge in [-0.3, -0.25) is 0 Å².